The first-order valence-corrected chi connectivity index (χ1v) is 7.55. The van der Waals surface area contributed by atoms with Crippen LogP contribution in [-0.4, -0.2) is 30.4 Å². The Bertz CT molecular complexity index is 437. The smallest absolute Gasteiger partial charge is 0.119 e. The first-order valence-electron chi connectivity index (χ1n) is 7.55. The highest BCUT2D eigenvalue weighted by molar-refractivity contribution is 5.34. The van der Waals surface area contributed by atoms with E-state index in [-0.39, 0.29) is 6.61 Å². The Hall–Kier alpha value is -1.57. The summed E-state index contributed by atoms with van der Waals surface area (Å²) in [5.41, 5.74) is 0.601. The van der Waals surface area contributed by atoms with Crippen LogP contribution in [0.1, 0.15) is 39.2 Å². The predicted octanol–water partition coefficient (Wildman–Crippen LogP) is 2.71. The second-order valence-electron chi connectivity index (χ2n) is 5.88. The van der Waals surface area contributed by atoms with Crippen LogP contribution in [0.15, 0.2) is 24.3 Å². The van der Waals surface area contributed by atoms with Crippen LogP contribution in [0.3, 0.4) is 0 Å². The average Bonchev–Trinajstić information content (AvgIpc) is 2.49. The normalized spacial score (nSPS) is 13.7. The fraction of sp³-hybridized carbons (Fsp3) is 0.588. The van der Waals surface area contributed by atoms with E-state index in [9.17, 15) is 5.11 Å². The summed E-state index contributed by atoms with van der Waals surface area (Å²) in [7, 11) is 0. The van der Waals surface area contributed by atoms with Gasteiger partial charge in [0.05, 0.1) is 11.6 Å². The number of benzene rings is 1. The van der Waals surface area contributed by atoms with Crippen LogP contribution in [0.25, 0.3) is 0 Å². The van der Waals surface area contributed by atoms with Crippen LogP contribution in [0.2, 0.25) is 0 Å². The second-order valence-corrected chi connectivity index (χ2v) is 5.88. The van der Waals surface area contributed by atoms with E-state index in [1.807, 2.05) is 0 Å². The molecule has 0 aliphatic heterocycles. The van der Waals surface area contributed by atoms with Gasteiger partial charge in [-0.05, 0) is 49.9 Å². The molecule has 0 saturated heterocycles. The van der Waals surface area contributed by atoms with Gasteiger partial charge in [-0.25, -0.2) is 0 Å². The van der Waals surface area contributed by atoms with Gasteiger partial charge in [0.15, 0.2) is 0 Å². The molecule has 2 unspecified atom stereocenters. The lowest BCUT2D eigenvalue weighted by Gasteiger charge is -2.18. The van der Waals surface area contributed by atoms with Gasteiger partial charge in [0.1, 0.15) is 18.5 Å². The Balaban J connectivity index is 2.21. The van der Waals surface area contributed by atoms with E-state index in [1.165, 1.54) is 6.42 Å². The quantitative estimate of drug-likeness (QED) is 0.734. The minimum Gasteiger partial charge on any atom is -0.491 e. The van der Waals surface area contributed by atoms with E-state index < -0.39 is 6.10 Å². The number of hydrogen-bond donors (Lipinski definition) is 2. The van der Waals surface area contributed by atoms with Crippen molar-refractivity contribution in [3.05, 3.63) is 29.8 Å². The largest absolute Gasteiger partial charge is 0.491 e. The van der Waals surface area contributed by atoms with Crippen molar-refractivity contribution < 1.29 is 9.84 Å². The van der Waals surface area contributed by atoms with Gasteiger partial charge in [0.25, 0.3) is 0 Å². The first kappa shape index (κ1) is 17.5. The van der Waals surface area contributed by atoms with Crippen molar-refractivity contribution in [3.63, 3.8) is 0 Å². The zero-order chi connectivity index (χ0) is 15.7. The van der Waals surface area contributed by atoms with Crippen LogP contribution in [-0.2, 0) is 0 Å². The monoisotopic (exact) mass is 290 g/mol. The highest BCUT2D eigenvalue weighted by Gasteiger charge is 2.08. The number of aliphatic hydroxyl groups is 1. The fourth-order valence-corrected chi connectivity index (χ4v) is 1.90. The fourth-order valence-electron chi connectivity index (χ4n) is 1.90. The van der Waals surface area contributed by atoms with Gasteiger partial charge in [-0.1, -0.05) is 13.8 Å². The average molecular weight is 290 g/mol. The van der Waals surface area contributed by atoms with Crippen molar-refractivity contribution in [2.24, 2.45) is 5.92 Å². The summed E-state index contributed by atoms with van der Waals surface area (Å²) in [6.45, 7) is 7.34. The van der Waals surface area contributed by atoms with Gasteiger partial charge in [0.2, 0.25) is 0 Å². The number of ether oxygens (including phenoxy) is 1. The molecule has 2 atom stereocenters. The predicted molar refractivity (Wildman–Crippen MR) is 84.2 cm³/mol. The van der Waals surface area contributed by atoms with Crippen molar-refractivity contribution in [3.8, 4) is 11.8 Å². The molecule has 0 aliphatic carbocycles. The standard InChI is InChI=1S/C17H26N2O2/c1-13(2)4-5-14(3)19-11-16(20)12-21-17-8-6-15(10-18)7-9-17/h6-9,13-14,16,19-20H,4-5,11-12H2,1-3H3. The summed E-state index contributed by atoms with van der Waals surface area (Å²) in [6, 6.07) is 9.34. The lowest BCUT2D eigenvalue weighted by Crippen LogP contribution is -2.36. The molecule has 2 N–H and O–H groups in total. The van der Waals surface area contributed by atoms with E-state index in [1.54, 1.807) is 24.3 Å². The summed E-state index contributed by atoms with van der Waals surface area (Å²) >= 11 is 0. The Kier molecular flexibility index (Phi) is 7.81. The van der Waals surface area contributed by atoms with Crippen LogP contribution in [0.5, 0.6) is 5.75 Å². The highest BCUT2D eigenvalue weighted by Crippen LogP contribution is 2.11. The van der Waals surface area contributed by atoms with Gasteiger partial charge in [-0.2, -0.15) is 5.26 Å². The number of aliphatic hydroxyl groups excluding tert-OH is 1. The zero-order valence-electron chi connectivity index (χ0n) is 13.2. The lowest BCUT2D eigenvalue weighted by molar-refractivity contribution is 0.103. The third-order valence-electron chi connectivity index (χ3n) is 3.30. The van der Waals surface area contributed by atoms with Crippen LogP contribution < -0.4 is 10.1 Å². The first-order chi connectivity index (χ1) is 10.0. The van der Waals surface area contributed by atoms with Crippen LogP contribution in [0, 0.1) is 17.2 Å². The molecule has 0 bridgehead atoms. The third kappa shape index (κ3) is 7.69. The number of nitrogens with zero attached hydrogens (tertiary/aromatic N) is 1. The Labute approximate surface area is 127 Å². The minimum absolute atomic E-state index is 0.246. The summed E-state index contributed by atoms with van der Waals surface area (Å²) in [5, 5.41) is 21.9. The molecule has 0 spiro atoms. The van der Waals surface area contributed by atoms with E-state index in [2.05, 4.69) is 32.2 Å². The van der Waals surface area contributed by atoms with Gasteiger partial charge < -0.3 is 15.2 Å². The Morgan fingerprint density at radius 2 is 1.86 bits per heavy atom. The van der Waals surface area contributed by atoms with Crippen molar-refractivity contribution in [2.45, 2.75) is 45.8 Å². The highest BCUT2D eigenvalue weighted by atomic mass is 16.5. The molecule has 1 aromatic rings. The third-order valence-corrected chi connectivity index (χ3v) is 3.30. The molecule has 0 amide bonds. The number of nitrogens with one attached hydrogen (secondary N) is 1. The van der Waals surface area contributed by atoms with Crippen molar-refractivity contribution in [1.82, 2.24) is 5.32 Å². The maximum absolute atomic E-state index is 9.90. The SMILES string of the molecule is CC(C)CCC(C)NCC(O)COc1ccc(C#N)cc1. The molecular formula is C17H26N2O2. The van der Waals surface area contributed by atoms with Crippen LogP contribution >= 0.6 is 0 Å². The molecule has 0 saturated carbocycles. The van der Waals surface area contributed by atoms with E-state index in [0.29, 0.717) is 29.8 Å². The van der Waals surface area contributed by atoms with Crippen LogP contribution in [0.4, 0.5) is 0 Å². The molecule has 1 aromatic carbocycles. The Morgan fingerprint density at radius 1 is 1.19 bits per heavy atom. The summed E-state index contributed by atoms with van der Waals surface area (Å²) in [4.78, 5) is 0. The van der Waals surface area contributed by atoms with Crippen molar-refractivity contribution in [2.75, 3.05) is 13.2 Å². The molecule has 116 valence electrons. The molecule has 1 rings (SSSR count). The minimum atomic E-state index is -0.540. The summed E-state index contributed by atoms with van der Waals surface area (Å²) in [5.74, 6) is 1.37. The van der Waals surface area contributed by atoms with Gasteiger partial charge in [-0.15, -0.1) is 0 Å². The zero-order valence-corrected chi connectivity index (χ0v) is 13.2. The molecular weight excluding hydrogens is 264 g/mol. The Morgan fingerprint density at radius 3 is 2.43 bits per heavy atom. The molecule has 0 aliphatic rings. The molecule has 0 aromatic heterocycles. The van der Waals surface area contributed by atoms with E-state index in [0.717, 1.165) is 6.42 Å². The molecule has 4 nitrogen and oxygen atoms in total. The molecule has 21 heavy (non-hydrogen) atoms. The molecule has 0 fully saturated rings. The summed E-state index contributed by atoms with van der Waals surface area (Å²) < 4.78 is 5.50. The van der Waals surface area contributed by atoms with E-state index in [4.69, 9.17) is 10.00 Å². The molecule has 0 radical (unpaired) electrons. The van der Waals surface area contributed by atoms with E-state index >= 15 is 0 Å². The van der Waals surface area contributed by atoms with Gasteiger partial charge in [-0.3, -0.25) is 0 Å². The molecule has 0 heterocycles. The maximum atomic E-state index is 9.90. The maximum Gasteiger partial charge on any atom is 0.119 e. The van der Waals surface area contributed by atoms with Crippen molar-refractivity contribution in [1.29, 1.82) is 5.26 Å². The second kappa shape index (κ2) is 9.38. The number of rotatable bonds is 9. The molecule has 4 heteroatoms. The van der Waals surface area contributed by atoms with Crippen molar-refractivity contribution >= 4 is 0 Å². The topological polar surface area (TPSA) is 65.3 Å². The lowest BCUT2D eigenvalue weighted by atomic mass is 10.0. The summed E-state index contributed by atoms with van der Waals surface area (Å²) in [6.07, 6.45) is 1.76. The number of nitriles is 1. The number of hydrogen-bond acceptors (Lipinski definition) is 4. The van der Waals surface area contributed by atoms with Gasteiger partial charge >= 0.3 is 0 Å². The van der Waals surface area contributed by atoms with Gasteiger partial charge in [0, 0.05) is 12.6 Å².